The zero-order valence-corrected chi connectivity index (χ0v) is 11.8. The monoisotopic (exact) mass is 268 g/mol. The second-order valence-electron chi connectivity index (χ2n) is 4.91. The molecule has 5 heteroatoms. The fraction of sp³-hybridized carbons (Fsp3) is 0.692. The molecule has 1 aliphatic rings. The van der Waals surface area contributed by atoms with E-state index in [1.165, 1.54) is 0 Å². The van der Waals surface area contributed by atoms with Gasteiger partial charge in [-0.3, -0.25) is 4.79 Å². The van der Waals surface area contributed by atoms with Gasteiger partial charge in [0.15, 0.2) is 0 Å². The fourth-order valence-corrected chi connectivity index (χ4v) is 2.91. The maximum atomic E-state index is 12.1. The van der Waals surface area contributed by atoms with Crippen LogP contribution in [0.25, 0.3) is 0 Å². The van der Waals surface area contributed by atoms with Gasteiger partial charge in [-0.1, -0.05) is 6.92 Å². The maximum Gasteiger partial charge on any atom is 0.228 e. The standard InChI is InChI=1S/C13H20N2O2S/c1-10-3-5-15(6-4-10)13(16)7-11-9-18-12(14-11)8-17-2/h9-10H,3-8H2,1-2H3. The molecular formula is C13H20N2O2S. The van der Waals surface area contributed by atoms with Gasteiger partial charge in [0.1, 0.15) is 5.01 Å². The highest BCUT2D eigenvalue weighted by molar-refractivity contribution is 7.09. The SMILES string of the molecule is COCc1nc(CC(=O)N2CCC(C)CC2)cs1. The average molecular weight is 268 g/mol. The number of methoxy groups -OCH3 is 1. The molecule has 1 fully saturated rings. The maximum absolute atomic E-state index is 12.1. The van der Waals surface area contributed by atoms with E-state index in [4.69, 9.17) is 4.74 Å². The number of amides is 1. The van der Waals surface area contributed by atoms with Crippen LogP contribution in [-0.4, -0.2) is 36.0 Å². The van der Waals surface area contributed by atoms with Gasteiger partial charge in [-0.25, -0.2) is 4.98 Å². The number of piperidine rings is 1. The van der Waals surface area contributed by atoms with Crippen LogP contribution in [0.15, 0.2) is 5.38 Å². The zero-order chi connectivity index (χ0) is 13.0. The summed E-state index contributed by atoms with van der Waals surface area (Å²) in [5.41, 5.74) is 0.871. The first kappa shape index (κ1) is 13.5. The summed E-state index contributed by atoms with van der Waals surface area (Å²) in [5, 5.41) is 2.89. The molecule has 0 unspecified atom stereocenters. The third kappa shape index (κ3) is 3.53. The lowest BCUT2D eigenvalue weighted by Gasteiger charge is -2.30. The smallest absolute Gasteiger partial charge is 0.228 e. The molecule has 1 aromatic rings. The number of carbonyl (C=O) groups excluding carboxylic acids is 1. The molecule has 0 radical (unpaired) electrons. The molecule has 0 saturated carbocycles. The summed E-state index contributed by atoms with van der Waals surface area (Å²) in [5.74, 6) is 0.956. The second-order valence-corrected chi connectivity index (χ2v) is 5.85. The third-order valence-electron chi connectivity index (χ3n) is 3.34. The molecule has 0 atom stereocenters. The Labute approximate surface area is 112 Å². The van der Waals surface area contributed by atoms with Crippen molar-refractivity contribution < 1.29 is 9.53 Å². The van der Waals surface area contributed by atoms with Crippen LogP contribution in [-0.2, 0) is 22.6 Å². The summed E-state index contributed by atoms with van der Waals surface area (Å²) in [6.07, 6.45) is 2.67. The Morgan fingerprint density at radius 2 is 2.28 bits per heavy atom. The van der Waals surface area contributed by atoms with E-state index in [0.29, 0.717) is 13.0 Å². The van der Waals surface area contributed by atoms with Crippen molar-refractivity contribution in [2.45, 2.75) is 32.8 Å². The molecule has 0 bridgehead atoms. The highest BCUT2D eigenvalue weighted by Gasteiger charge is 2.20. The van der Waals surface area contributed by atoms with Crippen molar-refractivity contribution in [1.82, 2.24) is 9.88 Å². The van der Waals surface area contributed by atoms with Crippen molar-refractivity contribution in [3.8, 4) is 0 Å². The topological polar surface area (TPSA) is 42.4 Å². The molecule has 1 aromatic heterocycles. The summed E-state index contributed by atoms with van der Waals surface area (Å²) < 4.78 is 5.03. The largest absolute Gasteiger partial charge is 0.378 e. The van der Waals surface area contributed by atoms with Gasteiger partial charge in [0.05, 0.1) is 18.7 Å². The number of thiazole rings is 1. The highest BCUT2D eigenvalue weighted by Crippen LogP contribution is 2.17. The molecule has 100 valence electrons. The summed E-state index contributed by atoms with van der Waals surface area (Å²) in [6, 6.07) is 0. The van der Waals surface area contributed by atoms with Crippen LogP contribution in [0, 0.1) is 5.92 Å². The van der Waals surface area contributed by atoms with Crippen molar-refractivity contribution in [2.24, 2.45) is 5.92 Å². The van der Waals surface area contributed by atoms with Gasteiger partial charge in [0, 0.05) is 25.6 Å². The van der Waals surface area contributed by atoms with Crippen molar-refractivity contribution in [2.75, 3.05) is 20.2 Å². The van der Waals surface area contributed by atoms with Gasteiger partial charge in [-0.2, -0.15) is 0 Å². The fourth-order valence-electron chi connectivity index (χ4n) is 2.14. The number of rotatable bonds is 4. The normalized spacial score (nSPS) is 17.1. The van der Waals surface area contributed by atoms with Gasteiger partial charge in [0.2, 0.25) is 5.91 Å². The van der Waals surface area contributed by atoms with E-state index in [0.717, 1.165) is 42.6 Å². The number of aromatic nitrogens is 1. The van der Waals surface area contributed by atoms with E-state index in [-0.39, 0.29) is 5.91 Å². The molecule has 1 saturated heterocycles. The van der Waals surface area contributed by atoms with Crippen molar-refractivity contribution >= 4 is 17.2 Å². The van der Waals surface area contributed by atoms with Crippen molar-refractivity contribution in [3.05, 3.63) is 16.1 Å². The number of hydrogen-bond acceptors (Lipinski definition) is 4. The Morgan fingerprint density at radius 3 is 2.94 bits per heavy atom. The van der Waals surface area contributed by atoms with Crippen LogP contribution >= 0.6 is 11.3 Å². The van der Waals surface area contributed by atoms with Crippen LogP contribution in [0.1, 0.15) is 30.5 Å². The lowest BCUT2D eigenvalue weighted by molar-refractivity contribution is -0.131. The quantitative estimate of drug-likeness (QED) is 0.839. The minimum Gasteiger partial charge on any atom is -0.378 e. The first-order valence-corrected chi connectivity index (χ1v) is 7.27. The molecule has 0 spiro atoms. The van der Waals surface area contributed by atoms with Gasteiger partial charge in [0.25, 0.3) is 0 Å². The van der Waals surface area contributed by atoms with Crippen LogP contribution < -0.4 is 0 Å². The van der Waals surface area contributed by atoms with E-state index >= 15 is 0 Å². The van der Waals surface area contributed by atoms with Crippen LogP contribution in [0.3, 0.4) is 0 Å². The summed E-state index contributed by atoms with van der Waals surface area (Å²) in [4.78, 5) is 18.5. The molecule has 1 amide bonds. The summed E-state index contributed by atoms with van der Waals surface area (Å²) in [7, 11) is 1.65. The molecule has 0 N–H and O–H groups in total. The van der Waals surface area contributed by atoms with Gasteiger partial charge < -0.3 is 9.64 Å². The van der Waals surface area contributed by atoms with Crippen molar-refractivity contribution in [3.63, 3.8) is 0 Å². The highest BCUT2D eigenvalue weighted by atomic mass is 32.1. The number of carbonyl (C=O) groups is 1. The zero-order valence-electron chi connectivity index (χ0n) is 11.0. The number of ether oxygens (including phenoxy) is 1. The Morgan fingerprint density at radius 1 is 1.56 bits per heavy atom. The molecule has 18 heavy (non-hydrogen) atoms. The van der Waals surface area contributed by atoms with E-state index in [2.05, 4.69) is 11.9 Å². The number of likely N-dealkylation sites (tertiary alicyclic amines) is 1. The van der Waals surface area contributed by atoms with E-state index in [1.54, 1.807) is 18.4 Å². The van der Waals surface area contributed by atoms with Crippen LogP contribution in [0.2, 0.25) is 0 Å². The lowest BCUT2D eigenvalue weighted by atomic mass is 9.99. The Hall–Kier alpha value is -0.940. The van der Waals surface area contributed by atoms with Gasteiger partial charge in [-0.15, -0.1) is 11.3 Å². The third-order valence-corrected chi connectivity index (χ3v) is 4.21. The van der Waals surface area contributed by atoms with Gasteiger partial charge >= 0.3 is 0 Å². The molecule has 0 aliphatic carbocycles. The first-order chi connectivity index (χ1) is 8.69. The summed E-state index contributed by atoms with van der Waals surface area (Å²) >= 11 is 1.56. The molecule has 2 heterocycles. The van der Waals surface area contributed by atoms with Crippen LogP contribution in [0.5, 0.6) is 0 Å². The van der Waals surface area contributed by atoms with Crippen LogP contribution in [0.4, 0.5) is 0 Å². The molecular weight excluding hydrogens is 248 g/mol. The number of hydrogen-bond donors (Lipinski definition) is 0. The van der Waals surface area contributed by atoms with Crippen molar-refractivity contribution in [1.29, 1.82) is 0 Å². The molecule has 0 aromatic carbocycles. The second kappa shape index (κ2) is 6.29. The molecule has 2 rings (SSSR count). The minimum absolute atomic E-state index is 0.205. The predicted molar refractivity (Wildman–Crippen MR) is 71.5 cm³/mol. The summed E-state index contributed by atoms with van der Waals surface area (Å²) in [6.45, 7) is 4.57. The lowest BCUT2D eigenvalue weighted by Crippen LogP contribution is -2.38. The van der Waals surface area contributed by atoms with Gasteiger partial charge in [-0.05, 0) is 18.8 Å². The molecule has 1 aliphatic heterocycles. The minimum atomic E-state index is 0.205. The first-order valence-electron chi connectivity index (χ1n) is 6.39. The van der Waals surface area contributed by atoms with E-state index < -0.39 is 0 Å². The number of nitrogens with zero attached hydrogens (tertiary/aromatic N) is 2. The Bertz CT molecular complexity index is 397. The van der Waals surface area contributed by atoms with E-state index in [9.17, 15) is 4.79 Å². The van der Waals surface area contributed by atoms with E-state index in [1.807, 2.05) is 10.3 Å². The Balaban J connectivity index is 1.86. The average Bonchev–Trinajstić information content (AvgIpc) is 2.78. The predicted octanol–water partition coefficient (Wildman–Crippen LogP) is 2.09. The molecule has 4 nitrogen and oxygen atoms in total. The Kier molecular flexibility index (Phi) is 4.72.